The molecule has 2 fully saturated rings. The maximum atomic E-state index is 13.7. The lowest BCUT2D eigenvalue weighted by atomic mass is 9.89. The Kier molecular flexibility index (Phi) is 5.65. The summed E-state index contributed by atoms with van der Waals surface area (Å²) in [4.78, 5) is 15.9. The maximum Gasteiger partial charge on any atom is 0.407 e. The van der Waals surface area contributed by atoms with Gasteiger partial charge in [0.1, 0.15) is 17.5 Å². The Hall–Kier alpha value is -1.89. The van der Waals surface area contributed by atoms with Crippen molar-refractivity contribution in [3.63, 3.8) is 0 Å². The van der Waals surface area contributed by atoms with Crippen molar-refractivity contribution in [1.29, 1.82) is 0 Å². The van der Waals surface area contributed by atoms with Crippen molar-refractivity contribution in [3.8, 4) is 5.88 Å². The second kappa shape index (κ2) is 7.78. The van der Waals surface area contributed by atoms with Gasteiger partial charge in [0.05, 0.1) is 6.20 Å². The normalized spacial score (nSPS) is 23.8. The number of hydrogen-bond donors (Lipinski definition) is 1. The highest BCUT2D eigenvalue weighted by Gasteiger charge is 2.34. The van der Waals surface area contributed by atoms with E-state index in [-0.39, 0.29) is 23.9 Å². The molecule has 144 valence electrons. The van der Waals surface area contributed by atoms with Crippen LogP contribution in [0.2, 0.25) is 0 Å². The van der Waals surface area contributed by atoms with Crippen molar-refractivity contribution >= 4 is 6.09 Å². The van der Waals surface area contributed by atoms with Crippen LogP contribution in [0.4, 0.5) is 9.18 Å². The maximum absolute atomic E-state index is 13.7. The third-order valence-electron chi connectivity index (χ3n) is 4.60. The van der Waals surface area contributed by atoms with E-state index in [0.29, 0.717) is 31.9 Å². The van der Waals surface area contributed by atoms with Crippen LogP contribution in [0, 0.1) is 5.82 Å². The molecular formula is C19H27FN2O4. The van der Waals surface area contributed by atoms with Crippen molar-refractivity contribution in [2.24, 2.45) is 0 Å². The number of rotatable bonds is 4. The van der Waals surface area contributed by atoms with Crippen LogP contribution < -0.4 is 10.1 Å². The van der Waals surface area contributed by atoms with Crippen LogP contribution in [0.25, 0.3) is 0 Å². The van der Waals surface area contributed by atoms with Gasteiger partial charge in [-0.25, -0.2) is 14.2 Å². The van der Waals surface area contributed by atoms with Crippen LogP contribution in [0.1, 0.15) is 57.9 Å². The molecule has 7 heteroatoms. The number of carbonyl (C=O) groups excluding carboxylic acids is 1. The molecule has 6 nitrogen and oxygen atoms in total. The van der Waals surface area contributed by atoms with Crippen LogP contribution >= 0.6 is 0 Å². The number of hydrogen-bond acceptors (Lipinski definition) is 5. The topological polar surface area (TPSA) is 69.7 Å². The average Bonchev–Trinajstić information content (AvgIpc) is 2.53. The fourth-order valence-electron chi connectivity index (χ4n) is 3.25. The molecule has 0 bridgehead atoms. The zero-order valence-corrected chi connectivity index (χ0v) is 15.6. The highest BCUT2D eigenvalue weighted by Crippen LogP contribution is 2.35. The van der Waals surface area contributed by atoms with Gasteiger partial charge in [0.2, 0.25) is 5.88 Å². The van der Waals surface area contributed by atoms with Crippen LogP contribution in [-0.2, 0) is 9.47 Å². The number of halogens is 1. The average molecular weight is 366 g/mol. The molecule has 0 spiro atoms. The van der Waals surface area contributed by atoms with Crippen molar-refractivity contribution in [3.05, 3.63) is 23.6 Å². The molecule has 1 aromatic rings. The zero-order valence-electron chi connectivity index (χ0n) is 15.6. The quantitative estimate of drug-likeness (QED) is 0.882. The van der Waals surface area contributed by atoms with Crippen molar-refractivity contribution in [1.82, 2.24) is 10.3 Å². The number of amides is 1. The number of nitrogens with zero attached hydrogens (tertiary/aromatic N) is 1. The van der Waals surface area contributed by atoms with Gasteiger partial charge in [-0.15, -0.1) is 0 Å². The second-order valence-electron chi connectivity index (χ2n) is 7.99. The smallest absolute Gasteiger partial charge is 0.407 e. The van der Waals surface area contributed by atoms with Gasteiger partial charge in [0.25, 0.3) is 0 Å². The van der Waals surface area contributed by atoms with E-state index in [2.05, 4.69) is 10.3 Å². The molecule has 0 atom stereocenters. The zero-order chi connectivity index (χ0) is 18.7. The summed E-state index contributed by atoms with van der Waals surface area (Å²) in [6.45, 7) is 6.84. The molecular weight excluding hydrogens is 339 g/mol. The van der Waals surface area contributed by atoms with Crippen molar-refractivity contribution < 1.29 is 23.4 Å². The molecule has 3 rings (SSSR count). The standard InChI is InChI=1S/C19H27FN2O4/c1-19(2,3)26-18(23)22-14-9-15(10-14)25-17-16(8-13(20)11-21-17)12-4-6-24-7-5-12/h8,11-12,14-15H,4-7,9-10H2,1-3H3,(H,22,23). The number of pyridine rings is 1. The molecule has 1 aromatic heterocycles. The molecule has 1 saturated heterocycles. The predicted octanol–water partition coefficient (Wildman–Crippen LogP) is 3.55. The van der Waals surface area contributed by atoms with E-state index in [0.717, 1.165) is 18.4 Å². The molecule has 1 aliphatic carbocycles. The number of ether oxygens (including phenoxy) is 3. The monoisotopic (exact) mass is 366 g/mol. The minimum atomic E-state index is -0.514. The Bertz CT molecular complexity index is 635. The molecule has 0 radical (unpaired) electrons. The molecule has 1 aliphatic heterocycles. The lowest BCUT2D eigenvalue weighted by molar-refractivity contribution is 0.0348. The summed E-state index contributed by atoms with van der Waals surface area (Å²) >= 11 is 0. The van der Waals surface area contributed by atoms with Crippen molar-refractivity contribution in [2.45, 2.75) is 70.1 Å². The Balaban J connectivity index is 1.53. The summed E-state index contributed by atoms with van der Waals surface area (Å²) in [5, 5.41) is 2.84. The number of aromatic nitrogens is 1. The Morgan fingerprint density at radius 2 is 2.00 bits per heavy atom. The number of nitrogens with one attached hydrogen (secondary N) is 1. The second-order valence-corrected chi connectivity index (χ2v) is 7.99. The summed E-state index contributed by atoms with van der Waals surface area (Å²) in [7, 11) is 0. The van der Waals surface area contributed by atoms with Gasteiger partial charge < -0.3 is 19.5 Å². The minimum Gasteiger partial charge on any atom is -0.474 e. The molecule has 0 unspecified atom stereocenters. The van der Waals surface area contributed by atoms with Gasteiger partial charge in [-0.2, -0.15) is 0 Å². The first-order valence-electron chi connectivity index (χ1n) is 9.19. The van der Waals surface area contributed by atoms with E-state index in [1.807, 2.05) is 20.8 Å². The van der Waals surface area contributed by atoms with Crippen LogP contribution in [-0.4, -0.2) is 42.0 Å². The van der Waals surface area contributed by atoms with Crippen LogP contribution in [0.15, 0.2) is 12.3 Å². The minimum absolute atomic E-state index is 0.0295. The molecule has 2 aliphatic rings. The molecule has 1 N–H and O–H groups in total. The van der Waals surface area contributed by atoms with Crippen molar-refractivity contribution in [2.75, 3.05) is 13.2 Å². The highest BCUT2D eigenvalue weighted by atomic mass is 19.1. The number of alkyl carbamates (subject to hydrolysis) is 1. The Labute approximate surface area is 153 Å². The first kappa shape index (κ1) is 18.9. The first-order chi connectivity index (χ1) is 12.3. The van der Waals surface area contributed by atoms with Gasteiger partial charge in [-0.3, -0.25) is 0 Å². The van der Waals surface area contributed by atoms with Crippen LogP contribution in [0.3, 0.4) is 0 Å². The third-order valence-corrected chi connectivity index (χ3v) is 4.60. The van der Waals surface area contributed by atoms with E-state index < -0.39 is 11.7 Å². The number of carbonyl (C=O) groups is 1. The van der Waals surface area contributed by atoms with Gasteiger partial charge in [0.15, 0.2) is 0 Å². The summed E-state index contributed by atoms with van der Waals surface area (Å²) < 4.78 is 30.3. The SMILES string of the molecule is CC(C)(C)OC(=O)NC1CC(Oc2ncc(F)cc2C2CCOCC2)C1. The Morgan fingerprint density at radius 1 is 1.31 bits per heavy atom. The molecule has 26 heavy (non-hydrogen) atoms. The summed E-state index contributed by atoms with van der Waals surface area (Å²) in [6, 6.07) is 1.55. The summed E-state index contributed by atoms with van der Waals surface area (Å²) in [5.74, 6) is 0.355. The lowest BCUT2D eigenvalue weighted by Crippen LogP contribution is -2.50. The molecule has 1 saturated carbocycles. The van der Waals surface area contributed by atoms with E-state index in [1.54, 1.807) is 0 Å². The fourth-order valence-corrected chi connectivity index (χ4v) is 3.25. The predicted molar refractivity (Wildman–Crippen MR) is 93.8 cm³/mol. The van der Waals surface area contributed by atoms with Gasteiger partial charge in [-0.1, -0.05) is 0 Å². The Morgan fingerprint density at radius 3 is 2.65 bits per heavy atom. The van der Waals surface area contributed by atoms with E-state index in [9.17, 15) is 9.18 Å². The lowest BCUT2D eigenvalue weighted by Gasteiger charge is -2.36. The van der Waals surface area contributed by atoms with Gasteiger partial charge in [-0.05, 0) is 45.6 Å². The summed E-state index contributed by atoms with van der Waals surface area (Å²) in [6.07, 6.45) is 3.80. The van der Waals surface area contributed by atoms with E-state index >= 15 is 0 Å². The van der Waals surface area contributed by atoms with Gasteiger partial charge in [0, 0.05) is 37.7 Å². The van der Waals surface area contributed by atoms with Crippen LogP contribution in [0.5, 0.6) is 5.88 Å². The van der Waals surface area contributed by atoms with Gasteiger partial charge >= 0.3 is 6.09 Å². The third kappa shape index (κ3) is 5.06. The first-order valence-corrected chi connectivity index (χ1v) is 9.19. The highest BCUT2D eigenvalue weighted by molar-refractivity contribution is 5.68. The fraction of sp³-hybridized carbons (Fsp3) is 0.684. The van der Waals surface area contributed by atoms with E-state index in [4.69, 9.17) is 14.2 Å². The molecule has 1 amide bonds. The largest absolute Gasteiger partial charge is 0.474 e. The molecule has 2 heterocycles. The van der Waals surface area contributed by atoms with E-state index in [1.165, 1.54) is 12.3 Å². The molecule has 0 aromatic carbocycles. The summed E-state index contributed by atoms with van der Waals surface area (Å²) in [5.41, 5.74) is 0.303.